The lowest BCUT2D eigenvalue weighted by Gasteiger charge is -2.19. The van der Waals surface area contributed by atoms with Crippen LogP contribution >= 0.6 is 0 Å². The van der Waals surface area contributed by atoms with Crippen LogP contribution in [0.3, 0.4) is 0 Å². The zero-order valence-electron chi connectivity index (χ0n) is 16.3. The van der Waals surface area contributed by atoms with E-state index in [2.05, 4.69) is 5.32 Å². The van der Waals surface area contributed by atoms with Crippen molar-refractivity contribution in [1.82, 2.24) is 10.3 Å². The highest BCUT2D eigenvalue weighted by Gasteiger charge is 2.24. The Morgan fingerprint density at radius 1 is 1.04 bits per heavy atom. The second kappa shape index (κ2) is 8.65. The van der Waals surface area contributed by atoms with Crippen molar-refractivity contribution < 1.29 is 14.3 Å². The molecule has 0 saturated heterocycles. The third kappa shape index (κ3) is 4.36. The van der Waals surface area contributed by atoms with Gasteiger partial charge in [-0.25, -0.2) is 9.78 Å². The van der Waals surface area contributed by atoms with Gasteiger partial charge in [-0.05, 0) is 24.5 Å². The molecule has 0 spiro atoms. The fourth-order valence-corrected chi connectivity index (χ4v) is 3.18. The van der Waals surface area contributed by atoms with Gasteiger partial charge in [0.25, 0.3) is 5.91 Å². The fourth-order valence-electron chi connectivity index (χ4n) is 3.18. The van der Waals surface area contributed by atoms with Crippen molar-refractivity contribution >= 4 is 22.8 Å². The van der Waals surface area contributed by atoms with Crippen LogP contribution < -0.4 is 5.32 Å². The number of ether oxygens (including phenoxy) is 1. The quantitative estimate of drug-likeness (QED) is 0.654. The molecule has 0 unspecified atom stereocenters. The van der Waals surface area contributed by atoms with Gasteiger partial charge in [-0.3, -0.25) is 4.79 Å². The monoisotopic (exact) mass is 376 g/mol. The van der Waals surface area contributed by atoms with Gasteiger partial charge in [0.1, 0.15) is 6.04 Å². The number of pyridine rings is 1. The maximum Gasteiger partial charge on any atom is 0.328 e. The van der Waals surface area contributed by atoms with Gasteiger partial charge in [0, 0.05) is 10.9 Å². The Hall–Kier alpha value is -3.21. The number of esters is 1. The van der Waals surface area contributed by atoms with Gasteiger partial charge in [0.05, 0.1) is 23.9 Å². The molecule has 0 aliphatic carbocycles. The van der Waals surface area contributed by atoms with Gasteiger partial charge in [-0.15, -0.1) is 0 Å². The molecule has 3 rings (SSSR count). The third-order valence-corrected chi connectivity index (χ3v) is 4.53. The summed E-state index contributed by atoms with van der Waals surface area (Å²) in [7, 11) is 1.33. The molecule has 1 amide bonds. The molecule has 28 heavy (non-hydrogen) atoms. The van der Waals surface area contributed by atoms with Crippen molar-refractivity contribution in [1.29, 1.82) is 0 Å². The summed E-state index contributed by atoms with van der Waals surface area (Å²) < 4.78 is 4.86. The Balaban J connectivity index is 2.03. The molecular formula is C23H24N2O3. The predicted octanol–water partition coefficient (Wildman–Crippen LogP) is 4.22. The molecule has 1 heterocycles. The van der Waals surface area contributed by atoms with Gasteiger partial charge in [0.15, 0.2) is 0 Å². The molecule has 0 fully saturated rings. The minimum Gasteiger partial charge on any atom is -0.467 e. The van der Waals surface area contributed by atoms with Crippen LogP contribution in [0.5, 0.6) is 0 Å². The summed E-state index contributed by atoms with van der Waals surface area (Å²) >= 11 is 0. The largest absolute Gasteiger partial charge is 0.467 e. The Morgan fingerprint density at radius 2 is 1.71 bits per heavy atom. The second-order valence-corrected chi connectivity index (χ2v) is 7.12. The fraction of sp³-hybridized carbons (Fsp3) is 0.261. The van der Waals surface area contributed by atoms with Crippen LogP contribution in [-0.4, -0.2) is 30.0 Å². The van der Waals surface area contributed by atoms with E-state index in [9.17, 15) is 9.59 Å². The molecule has 1 aromatic heterocycles. The van der Waals surface area contributed by atoms with Crippen LogP contribution in [0.1, 0.15) is 30.6 Å². The van der Waals surface area contributed by atoms with E-state index >= 15 is 0 Å². The number of nitrogens with one attached hydrogen (secondary N) is 1. The summed E-state index contributed by atoms with van der Waals surface area (Å²) in [4.78, 5) is 29.9. The Kier molecular flexibility index (Phi) is 6.04. The summed E-state index contributed by atoms with van der Waals surface area (Å²) in [6, 6.07) is 18.3. The summed E-state index contributed by atoms with van der Waals surface area (Å²) in [6.45, 7) is 3.99. The van der Waals surface area contributed by atoms with Crippen LogP contribution in [0, 0.1) is 5.92 Å². The molecule has 0 radical (unpaired) electrons. The first-order chi connectivity index (χ1) is 13.5. The minimum absolute atomic E-state index is 0.235. The number of carbonyl (C=O) groups excluding carboxylic acids is 2. The number of para-hydroxylation sites is 1. The molecule has 1 N–H and O–H groups in total. The topological polar surface area (TPSA) is 68.3 Å². The molecule has 144 valence electrons. The predicted molar refractivity (Wildman–Crippen MR) is 110 cm³/mol. The van der Waals surface area contributed by atoms with Gasteiger partial charge in [-0.1, -0.05) is 62.4 Å². The number of aromatic nitrogens is 1. The molecular weight excluding hydrogens is 352 g/mol. The normalized spacial score (nSPS) is 12.0. The zero-order valence-corrected chi connectivity index (χ0v) is 16.3. The van der Waals surface area contributed by atoms with Gasteiger partial charge < -0.3 is 10.1 Å². The number of methoxy groups -OCH3 is 1. The highest BCUT2D eigenvalue weighted by Crippen LogP contribution is 2.25. The molecule has 3 aromatic rings. The summed E-state index contributed by atoms with van der Waals surface area (Å²) in [5, 5.41) is 3.59. The lowest BCUT2D eigenvalue weighted by Crippen LogP contribution is -2.42. The number of nitrogens with zero attached hydrogens (tertiary/aromatic N) is 1. The lowest BCUT2D eigenvalue weighted by molar-refractivity contribution is -0.143. The van der Waals surface area contributed by atoms with E-state index in [-0.39, 0.29) is 11.8 Å². The molecule has 1 atom stereocenters. The number of hydrogen-bond acceptors (Lipinski definition) is 4. The SMILES string of the molecule is COC(=O)[C@@H](CC(C)C)NC(=O)c1cc(-c2ccccc2)nc2ccccc12. The minimum atomic E-state index is -0.690. The van der Waals surface area contributed by atoms with Crippen LogP contribution in [0.25, 0.3) is 22.2 Å². The van der Waals surface area contributed by atoms with Crippen molar-refractivity contribution in [2.45, 2.75) is 26.3 Å². The van der Waals surface area contributed by atoms with Gasteiger partial charge in [-0.2, -0.15) is 0 Å². The standard InChI is InChI=1S/C23H24N2O3/c1-15(2)13-21(23(27)28-3)25-22(26)18-14-20(16-9-5-4-6-10-16)24-19-12-8-7-11-17(18)19/h4-12,14-15,21H,13H2,1-3H3,(H,25,26)/t21-/m1/s1. The Bertz CT molecular complexity index is 984. The third-order valence-electron chi connectivity index (χ3n) is 4.53. The Morgan fingerprint density at radius 3 is 2.39 bits per heavy atom. The maximum absolute atomic E-state index is 13.1. The summed E-state index contributed by atoms with van der Waals surface area (Å²) in [5.41, 5.74) is 2.85. The molecule has 0 saturated carbocycles. The van der Waals surface area contributed by atoms with Gasteiger partial charge in [0.2, 0.25) is 0 Å². The maximum atomic E-state index is 13.1. The molecule has 0 aliphatic heterocycles. The van der Waals surface area contributed by atoms with E-state index in [1.165, 1.54) is 7.11 Å². The lowest BCUT2D eigenvalue weighted by atomic mass is 10.0. The number of rotatable bonds is 6. The van der Waals surface area contributed by atoms with Gasteiger partial charge >= 0.3 is 5.97 Å². The highest BCUT2D eigenvalue weighted by atomic mass is 16.5. The molecule has 5 nitrogen and oxygen atoms in total. The number of carbonyl (C=O) groups is 2. The highest BCUT2D eigenvalue weighted by molar-refractivity contribution is 6.08. The number of amides is 1. The van der Waals surface area contributed by atoms with Crippen molar-refractivity contribution in [2.24, 2.45) is 5.92 Å². The summed E-state index contributed by atoms with van der Waals surface area (Å²) in [5.74, 6) is -0.519. The van der Waals surface area contributed by atoms with Crippen LogP contribution in [0.4, 0.5) is 0 Å². The Labute approximate surface area is 164 Å². The first-order valence-electron chi connectivity index (χ1n) is 9.33. The second-order valence-electron chi connectivity index (χ2n) is 7.12. The van der Waals surface area contributed by atoms with E-state index in [4.69, 9.17) is 9.72 Å². The molecule has 5 heteroatoms. The van der Waals surface area contributed by atoms with Crippen LogP contribution in [0.15, 0.2) is 60.7 Å². The van der Waals surface area contributed by atoms with E-state index in [1.807, 2.05) is 68.4 Å². The molecule has 0 aliphatic rings. The number of fused-ring (bicyclic) bond motifs is 1. The summed E-state index contributed by atoms with van der Waals surface area (Å²) in [6.07, 6.45) is 0.507. The van der Waals surface area contributed by atoms with Crippen molar-refractivity contribution in [3.8, 4) is 11.3 Å². The zero-order chi connectivity index (χ0) is 20.1. The first-order valence-corrected chi connectivity index (χ1v) is 9.33. The van der Waals surface area contributed by atoms with E-state index in [0.29, 0.717) is 17.7 Å². The first kappa shape index (κ1) is 19.5. The number of hydrogen-bond donors (Lipinski definition) is 1. The molecule has 0 bridgehead atoms. The number of benzene rings is 2. The molecule has 2 aromatic carbocycles. The van der Waals surface area contributed by atoms with Crippen molar-refractivity contribution in [3.63, 3.8) is 0 Å². The van der Waals surface area contributed by atoms with E-state index in [1.54, 1.807) is 6.07 Å². The van der Waals surface area contributed by atoms with Crippen LogP contribution in [-0.2, 0) is 9.53 Å². The van der Waals surface area contributed by atoms with Crippen LogP contribution in [0.2, 0.25) is 0 Å². The average Bonchev–Trinajstić information content (AvgIpc) is 2.72. The van der Waals surface area contributed by atoms with E-state index < -0.39 is 12.0 Å². The van der Waals surface area contributed by atoms with Crippen molar-refractivity contribution in [2.75, 3.05) is 7.11 Å². The average molecular weight is 376 g/mol. The van der Waals surface area contributed by atoms with E-state index in [0.717, 1.165) is 16.5 Å². The van der Waals surface area contributed by atoms with Crippen molar-refractivity contribution in [3.05, 3.63) is 66.2 Å². The smallest absolute Gasteiger partial charge is 0.328 e.